The molecule has 0 amide bonds. The summed E-state index contributed by atoms with van der Waals surface area (Å²) in [7, 11) is 0. The molecule has 0 heterocycles. The van der Waals surface area contributed by atoms with E-state index in [1.165, 1.54) is 24.5 Å². The summed E-state index contributed by atoms with van der Waals surface area (Å²) in [5.74, 6) is -0.443. The van der Waals surface area contributed by atoms with Crippen LogP contribution in [-0.2, 0) is 19.1 Å². The fourth-order valence-corrected chi connectivity index (χ4v) is 0.516. The Morgan fingerprint density at radius 1 is 1.46 bits per heavy atom. The molecule has 4 nitrogen and oxygen atoms in total. The molecule has 0 bridgehead atoms. The van der Waals surface area contributed by atoms with Crippen molar-refractivity contribution in [2.45, 2.75) is 6.92 Å². The number of carbonyl (C=O) groups excluding carboxylic acids is 2. The summed E-state index contributed by atoms with van der Waals surface area (Å²) in [4.78, 5) is 20.5. The fourth-order valence-electron chi connectivity index (χ4n) is 0.516. The SMILES string of the molecule is CCOC(=O)/C=C/OC/C=C/C=O. The van der Waals surface area contributed by atoms with Crippen LogP contribution < -0.4 is 0 Å². The largest absolute Gasteiger partial charge is 0.497 e. The monoisotopic (exact) mass is 184 g/mol. The molecule has 0 fully saturated rings. The molecule has 0 saturated carbocycles. The zero-order valence-electron chi connectivity index (χ0n) is 7.43. The quantitative estimate of drug-likeness (QED) is 0.202. The highest BCUT2D eigenvalue weighted by Gasteiger charge is 1.91. The summed E-state index contributed by atoms with van der Waals surface area (Å²) in [5, 5.41) is 0. The lowest BCUT2D eigenvalue weighted by Crippen LogP contribution is -1.99. The highest BCUT2D eigenvalue weighted by atomic mass is 16.5. The summed E-state index contributed by atoms with van der Waals surface area (Å²) in [6.07, 6.45) is 5.91. The van der Waals surface area contributed by atoms with Crippen molar-refractivity contribution in [2.75, 3.05) is 13.2 Å². The first-order valence-corrected chi connectivity index (χ1v) is 3.86. The van der Waals surface area contributed by atoms with Crippen molar-refractivity contribution in [3.05, 3.63) is 24.5 Å². The molecule has 0 saturated heterocycles. The number of hydrogen-bond acceptors (Lipinski definition) is 4. The smallest absolute Gasteiger partial charge is 0.333 e. The Bertz CT molecular complexity index is 206. The topological polar surface area (TPSA) is 52.6 Å². The van der Waals surface area contributed by atoms with Crippen LogP contribution in [0.1, 0.15) is 6.92 Å². The summed E-state index contributed by atoms with van der Waals surface area (Å²) in [5.41, 5.74) is 0. The van der Waals surface area contributed by atoms with E-state index < -0.39 is 5.97 Å². The van der Waals surface area contributed by atoms with Gasteiger partial charge in [-0.25, -0.2) is 4.79 Å². The van der Waals surface area contributed by atoms with Crippen LogP contribution in [0.4, 0.5) is 0 Å². The van der Waals surface area contributed by atoms with Crippen LogP contribution in [0, 0.1) is 0 Å². The molecule has 13 heavy (non-hydrogen) atoms. The van der Waals surface area contributed by atoms with Gasteiger partial charge in [0.1, 0.15) is 12.9 Å². The Kier molecular flexibility index (Phi) is 7.48. The molecule has 0 aliphatic carbocycles. The first-order valence-electron chi connectivity index (χ1n) is 3.86. The molecule has 0 aromatic carbocycles. The van der Waals surface area contributed by atoms with Crippen LogP contribution in [0.3, 0.4) is 0 Å². The highest BCUT2D eigenvalue weighted by Crippen LogP contribution is 1.83. The highest BCUT2D eigenvalue weighted by molar-refractivity contribution is 5.81. The summed E-state index contributed by atoms with van der Waals surface area (Å²) >= 11 is 0. The molecule has 0 aliphatic heterocycles. The Labute approximate surface area is 76.8 Å². The van der Waals surface area contributed by atoms with E-state index >= 15 is 0 Å². The Morgan fingerprint density at radius 2 is 2.23 bits per heavy atom. The first kappa shape index (κ1) is 11.4. The van der Waals surface area contributed by atoms with Gasteiger partial charge in [-0.05, 0) is 19.1 Å². The first-order chi connectivity index (χ1) is 6.31. The molecule has 72 valence electrons. The minimum Gasteiger partial charge on any atom is -0.497 e. The van der Waals surface area contributed by atoms with Crippen LogP contribution in [0.25, 0.3) is 0 Å². The van der Waals surface area contributed by atoms with Crippen molar-refractivity contribution < 1.29 is 19.1 Å². The van der Waals surface area contributed by atoms with Gasteiger partial charge in [-0.2, -0.15) is 0 Å². The maximum atomic E-state index is 10.7. The van der Waals surface area contributed by atoms with Crippen molar-refractivity contribution in [3.63, 3.8) is 0 Å². The average molecular weight is 184 g/mol. The van der Waals surface area contributed by atoms with Gasteiger partial charge in [0.2, 0.25) is 0 Å². The summed E-state index contributed by atoms with van der Waals surface area (Å²) < 4.78 is 9.42. The lowest BCUT2D eigenvalue weighted by atomic mass is 10.5. The molecule has 0 rings (SSSR count). The second-order valence-corrected chi connectivity index (χ2v) is 1.95. The van der Waals surface area contributed by atoms with E-state index in [9.17, 15) is 9.59 Å². The molecule has 0 radical (unpaired) electrons. The molecule has 0 aliphatic rings. The number of aldehydes is 1. The van der Waals surface area contributed by atoms with Gasteiger partial charge >= 0.3 is 5.97 Å². The number of ether oxygens (including phenoxy) is 2. The lowest BCUT2D eigenvalue weighted by Gasteiger charge is -1.95. The lowest BCUT2D eigenvalue weighted by molar-refractivity contribution is -0.137. The third kappa shape index (κ3) is 8.33. The Morgan fingerprint density at radius 3 is 2.85 bits per heavy atom. The maximum Gasteiger partial charge on any atom is 0.333 e. The maximum absolute atomic E-state index is 10.7. The van der Waals surface area contributed by atoms with E-state index in [-0.39, 0.29) is 6.61 Å². The minimum absolute atomic E-state index is 0.259. The molecule has 0 spiro atoms. The number of esters is 1. The molecule has 0 N–H and O–H groups in total. The Hall–Kier alpha value is -1.58. The normalized spacial score (nSPS) is 10.5. The fraction of sp³-hybridized carbons (Fsp3) is 0.333. The molecule has 0 atom stereocenters. The number of hydrogen-bond donors (Lipinski definition) is 0. The van der Waals surface area contributed by atoms with Crippen LogP contribution in [0.2, 0.25) is 0 Å². The molecular formula is C9H12O4. The number of allylic oxidation sites excluding steroid dienone is 1. The predicted octanol–water partition coefficient (Wildman–Crippen LogP) is 0.835. The van der Waals surface area contributed by atoms with E-state index in [1.807, 2.05) is 0 Å². The standard InChI is InChI=1S/C9H12O4/c1-2-13-9(11)5-8-12-7-4-3-6-10/h3-6,8H,2,7H2,1H3/b4-3+,8-5+. The van der Waals surface area contributed by atoms with Crippen molar-refractivity contribution in [2.24, 2.45) is 0 Å². The molecule has 0 aromatic rings. The number of rotatable bonds is 6. The van der Waals surface area contributed by atoms with E-state index in [0.29, 0.717) is 12.9 Å². The van der Waals surface area contributed by atoms with Gasteiger partial charge in [-0.3, -0.25) is 4.79 Å². The van der Waals surface area contributed by atoms with Crippen molar-refractivity contribution in [1.29, 1.82) is 0 Å². The third-order valence-electron chi connectivity index (χ3n) is 0.994. The molecule has 0 aromatic heterocycles. The van der Waals surface area contributed by atoms with Crippen LogP contribution in [0.15, 0.2) is 24.5 Å². The van der Waals surface area contributed by atoms with Gasteiger partial charge in [0.05, 0.1) is 18.9 Å². The van der Waals surface area contributed by atoms with E-state index in [2.05, 4.69) is 4.74 Å². The molecular weight excluding hydrogens is 172 g/mol. The van der Waals surface area contributed by atoms with Crippen LogP contribution in [-0.4, -0.2) is 25.5 Å². The van der Waals surface area contributed by atoms with E-state index in [0.717, 1.165) is 0 Å². The van der Waals surface area contributed by atoms with Crippen LogP contribution >= 0.6 is 0 Å². The van der Waals surface area contributed by atoms with Crippen molar-refractivity contribution >= 4 is 12.3 Å². The van der Waals surface area contributed by atoms with Gasteiger partial charge in [0.15, 0.2) is 0 Å². The molecule has 0 unspecified atom stereocenters. The van der Waals surface area contributed by atoms with Crippen molar-refractivity contribution in [3.8, 4) is 0 Å². The Balaban J connectivity index is 3.45. The summed E-state index contributed by atoms with van der Waals surface area (Å²) in [6.45, 7) is 2.32. The predicted molar refractivity (Wildman–Crippen MR) is 46.9 cm³/mol. The number of carbonyl (C=O) groups is 2. The minimum atomic E-state index is -0.443. The third-order valence-corrected chi connectivity index (χ3v) is 0.994. The summed E-state index contributed by atoms with van der Waals surface area (Å²) in [6, 6.07) is 0. The zero-order valence-corrected chi connectivity index (χ0v) is 7.43. The second kappa shape index (κ2) is 8.52. The van der Waals surface area contributed by atoms with Gasteiger partial charge in [-0.1, -0.05) is 0 Å². The molecule has 4 heteroatoms. The van der Waals surface area contributed by atoms with Gasteiger partial charge < -0.3 is 9.47 Å². The van der Waals surface area contributed by atoms with E-state index in [4.69, 9.17) is 4.74 Å². The van der Waals surface area contributed by atoms with E-state index in [1.54, 1.807) is 6.92 Å². The van der Waals surface area contributed by atoms with Gasteiger partial charge in [-0.15, -0.1) is 0 Å². The zero-order chi connectivity index (χ0) is 9.94. The average Bonchev–Trinajstić information content (AvgIpc) is 2.11. The van der Waals surface area contributed by atoms with Gasteiger partial charge in [0.25, 0.3) is 0 Å². The second-order valence-electron chi connectivity index (χ2n) is 1.95. The van der Waals surface area contributed by atoms with Crippen LogP contribution in [0.5, 0.6) is 0 Å². The van der Waals surface area contributed by atoms with Crippen molar-refractivity contribution in [1.82, 2.24) is 0 Å². The van der Waals surface area contributed by atoms with Gasteiger partial charge in [0, 0.05) is 0 Å².